The van der Waals surface area contributed by atoms with Crippen LogP contribution in [-0.4, -0.2) is 41.7 Å². The maximum atomic E-state index is 12.3. The zero-order valence-corrected chi connectivity index (χ0v) is 11.9. The Bertz CT molecular complexity index is 464. The van der Waals surface area contributed by atoms with Gasteiger partial charge in [0.1, 0.15) is 0 Å². The van der Waals surface area contributed by atoms with Crippen molar-refractivity contribution in [3.8, 4) is 0 Å². The van der Waals surface area contributed by atoms with E-state index in [1.807, 2.05) is 31.2 Å². The molecule has 5 heteroatoms. The van der Waals surface area contributed by atoms with Crippen molar-refractivity contribution in [2.45, 2.75) is 25.9 Å². The molecule has 1 fully saturated rings. The molecule has 0 spiro atoms. The van der Waals surface area contributed by atoms with Crippen molar-refractivity contribution in [1.82, 2.24) is 4.90 Å². The molecule has 0 aromatic heterocycles. The summed E-state index contributed by atoms with van der Waals surface area (Å²) in [4.78, 5) is 14.4. The van der Waals surface area contributed by atoms with Crippen LogP contribution in [0.2, 0.25) is 0 Å². The molecule has 110 valence electrons. The third kappa shape index (κ3) is 3.36. The SMILES string of the molecule is CC(C(=O)Nc1ccccc1CN)N1CCC(CO)C1. The number of hydrogen-bond acceptors (Lipinski definition) is 4. The summed E-state index contributed by atoms with van der Waals surface area (Å²) in [6.07, 6.45) is 0.952. The molecule has 1 saturated heterocycles. The summed E-state index contributed by atoms with van der Waals surface area (Å²) in [5.74, 6) is 0.270. The lowest BCUT2D eigenvalue weighted by Crippen LogP contribution is -2.41. The highest BCUT2D eigenvalue weighted by Crippen LogP contribution is 2.20. The van der Waals surface area contributed by atoms with Crippen LogP contribution in [0, 0.1) is 5.92 Å². The van der Waals surface area contributed by atoms with Crippen LogP contribution in [-0.2, 0) is 11.3 Å². The zero-order valence-electron chi connectivity index (χ0n) is 11.9. The van der Waals surface area contributed by atoms with Gasteiger partial charge in [-0.2, -0.15) is 0 Å². The van der Waals surface area contributed by atoms with Crippen molar-refractivity contribution in [3.05, 3.63) is 29.8 Å². The second kappa shape index (κ2) is 6.83. The monoisotopic (exact) mass is 277 g/mol. The molecular weight excluding hydrogens is 254 g/mol. The molecule has 2 atom stereocenters. The van der Waals surface area contributed by atoms with Gasteiger partial charge >= 0.3 is 0 Å². The molecule has 0 radical (unpaired) electrons. The standard InChI is InChI=1S/C15H23N3O2/c1-11(18-7-6-12(9-18)10-19)15(20)17-14-5-3-2-4-13(14)8-16/h2-5,11-12,19H,6-10,16H2,1H3,(H,17,20). The minimum absolute atomic E-state index is 0.0236. The number of anilines is 1. The van der Waals surface area contributed by atoms with E-state index in [9.17, 15) is 4.79 Å². The molecule has 5 nitrogen and oxygen atoms in total. The number of rotatable bonds is 5. The summed E-state index contributed by atoms with van der Waals surface area (Å²) >= 11 is 0. The van der Waals surface area contributed by atoms with Crippen LogP contribution in [0.3, 0.4) is 0 Å². The second-order valence-electron chi connectivity index (χ2n) is 5.36. The third-order valence-corrected chi connectivity index (χ3v) is 4.00. The number of amides is 1. The molecule has 1 aliphatic rings. The van der Waals surface area contributed by atoms with Crippen LogP contribution in [0.5, 0.6) is 0 Å². The largest absolute Gasteiger partial charge is 0.396 e. The van der Waals surface area contributed by atoms with Gasteiger partial charge in [0.2, 0.25) is 5.91 Å². The van der Waals surface area contributed by atoms with Crippen molar-refractivity contribution in [3.63, 3.8) is 0 Å². The summed E-state index contributed by atoms with van der Waals surface area (Å²) in [6, 6.07) is 7.38. The number of likely N-dealkylation sites (tertiary alicyclic amines) is 1. The lowest BCUT2D eigenvalue weighted by atomic mass is 10.1. The number of para-hydroxylation sites is 1. The van der Waals surface area contributed by atoms with Crippen LogP contribution in [0.1, 0.15) is 18.9 Å². The number of carbonyl (C=O) groups is 1. The summed E-state index contributed by atoms with van der Waals surface area (Å²) in [5, 5.41) is 12.1. The minimum Gasteiger partial charge on any atom is -0.396 e. The Labute approximate surface area is 119 Å². The van der Waals surface area contributed by atoms with E-state index in [0.29, 0.717) is 12.5 Å². The average molecular weight is 277 g/mol. The topological polar surface area (TPSA) is 78.6 Å². The number of aliphatic hydroxyl groups excluding tert-OH is 1. The van der Waals surface area contributed by atoms with Crippen LogP contribution in [0.4, 0.5) is 5.69 Å². The molecule has 20 heavy (non-hydrogen) atoms. The number of carbonyl (C=O) groups excluding carboxylic acids is 1. The van der Waals surface area contributed by atoms with Crippen molar-refractivity contribution >= 4 is 11.6 Å². The van der Waals surface area contributed by atoms with Crippen molar-refractivity contribution < 1.29 is 9.90 Å². The number of nitrogens with zero attached hydrogens (tertiary/aromatic N) is 1. The van der Waals surface area contributed by atoms with Gasteiger partial charge < -0.3 is 16.2 Å². The molecule has 1 amide bonds. The Hall–Kier alpha value is -1.43. The fourth-order valence-electron chi connectivity index (χ4n) is 2.59. The molecule has 0 bridgehead atoms. The highest BCUT2D eigenvalue weighted by atomic mass is 16.3. The van der Waals surface area contributed by atoms with E-state index in [-0.39, 0.29) is 18.6 Å². The van der Waals surface area contributed by atoms with Crippen LogP contribution < -0.4 is 11.1 Å². The first kappa shape index (κ1) is 15.0. The molecule has 0 saturated carbocycles. The number of aliphatic hydroxyl groups is 1. The van der Waals surface area contributed by atoms with E-state index >= 15 is 0 Å². The van der Waals surface area contributed by atoms with E-state index in [4.69, 9.17) is 10.8 Å². The summed E-state index contributed by atoms with van der Waals surface area (Å²) in [5.41, 5.74) is 7.39. The van der Waals surface area contributed by atoms with Gasteiger partial charge in [-0.3, -0.25) is 9.69 Å². The van der Waals surface area contributed by atoms with Gasteiger partial charge in [0.15, 0.2) is 0 Å². The smallest absolute Gasteiger partial charge is 0.241 e. The molecule has 1 heterocycles. The summed E-state index contributed by atoms with van der Waals surface area (Å²) in [7, 11) is 0. The number of hydrogen-bond donors (Lipinski definition) is 3. The number of benzene rings is 1. The van der Waals surface area contributed by atoms with Crippen LogP contribution in [0.15, 0.2) is 24.3 Å². The fourth-order valence-corrected chi connectivity index (χ4v) is 2.59. The average Bonchev–Trinajstić information content (AvgIpc) is 2.95. The first-order valence-electron chi connectivity index (χ1n) is 7.09. The molecule has 1 aromatic rings. The van der Waals surface area contributed by atoms with Crippen LogP contribution in [0.25, 0.3) is 0 Å². The van der Waals surface area contributed by atoms with Gasteiger partial charge in [-0.1, -0.05) is 18.2 Å². The van der Waals surface area contributed by atoms with Gasteiger partial charge in [-0.05, 0) is 37.4 Å². The molecular formula is C15H23N3O2. The highest BCUT2D eigenvalue weighted by molar-refractivity contribution is 5.95. The predicted molar refractivity (Wildman–Crippen MR) is 79.2 cm³/mol. The van der Waals surface area contributed by atoms with Gasteiger partial charge in [0.25, 0.3) is 0 Å². The highest BCUT2D eigenvalue weighted by Gasteiger charge is 2.29. The van der Waals surface area contributed by atoms with E-state index in [2.05, 4.69) is 10.2 Å². The molecule has 2 rings (SSSR count). The van der Waals surface area contributed by atoms with Gasteiger partial charge in [0, 0.05) is 25.4 Å². The fraction of sp³-hybridized carbons (Fsp3) is 0.533. The first-order chi connectivity index (χ1) is 9.65. The molecule has 2 unspecified atom stereocenters. The van der Waals surface area contributed by atoms with E-state index in [0.717, 1.165) is 30.8 Å². The Kier molecular flexibility index (Phi) is 5.11. The number of nitrogens with one attached hydrogen (secondary N) is 1. The summed E-state index contributed by atoms with van der Waals surface area (Å²) < 4.78 is 0. The Morgan fingerprint density at radius 3 is 2.95 bits per heavy atom. The third-order valence-electron chi connectivity index (χ3n) is 4.00. The van der Waals surface area contributed by atoms with E-state index in [1.54, 1.807) is 0 Å². The van der Waals surface area contributed by atoms with Gasteiger partial charge in [0.05, 0.1) is 6.04 Å². The maximum Gasteiger partial charge on any atom is 0.241 e. The first-order valence-corrected chi connectivity index (χ1v) is 7.09. The second-order valence-corrected chi connectivity index (χ2v) is 5.36. The van der Waals surface area contributed by atoms with Crippen molar-refractivity contribution in [2.75, 3.05) is 25.0 Å². The van der Waals surface area contributed by atoms with Gasteiger partial charge in [-0.15, -0.1) is 0 Å². The quantitative estimate of drug-likeness (QED) is 0.743. The Morgan fingerprint density at radius 1 is 1.55 bits per heavy atom. The van der Waals surface area contributed by atoms with Crippen molar-refractivity contribution in [2.24, 2.45) is 11.7 Å². The molecule has 1 aliphatic heterocycles. The predicted octanol–water partition coefficient (Wildman–Crippen LogP) is 0.787. The molecule has 1 aromatic carbocycles. The van der Waals surface area contributed by atoms with Gasteiger partial charge in [-0.25, -0.2) is 0 Å². The Balaban J connectivity index is 1.97. The Morgan fingerprint density at radius 2 is 2.30 bits per heavy atom. The maximum absolute atomic E-state index is 12.3. The van der Waals surface area contributed by atoms with E-state index < -0.39 is 0 Å². The van der Waals surface area contributed by atoms with Crippen LogP contribution >= 0.6 is 0 Å². The lowest BCUT2D eigenvalue weighted by Gasteiger charge is -2.23. The van der Waals surface area contributed by atoms with Crippen molar-refractivity contribution in [1.29, 1.82) is 0 Å². The van der Waals surface area contributed by atoms with E-state index in [1.165, 1.54) is 0 Å². The minimum atomic E-state index is -0.197. The number of nitrogens with two attached hydrogens (primary N) is 1. The zero-order chi connectivity index (χ0) is 14.5. The normalized spacial score (nSPS) is 20.9. The summed E-state index contributed by atoms with van der Waals surface area (Å²) in [6.45, 7) is 4.14. The molecule has 0 aliphatic carbocycles. The molecule has 4 N–H and O–H groups in total. The lowest BCUT2D eigenvalue weighted by molar-refractivity contribution is -0.120.